The fraction of sp³-hybridized carbons (Fsp3) is 0.714. The molecular weight excluding hydrogens is 238 g/mol. The second-order valence-electron chi connectivity index (χ2n) is 6.09. The van der Waals surface area contributed by atoms with Gasteiger partial charge in [-0.1, -0.05) is 13.8 Å². The molecule has 1 aromatic rings. The van der Waals surface area contributed by atoms with Crippen molar-refractivity contribution in [2.24, 2.45) is 11.8 Å². The topological polar surface area (TPSA) is 53.1 Å². The number of hydrogen-bond acceptors (Lipinski definition) is 5. The van der Waals surface area contributed by atoms with Crippen LogP contribution < -0.4 is 15.5 Å². The Morgan fingerprint density at radius 3 is 3.16 bits per heavy atom. The Bertz CT molecular complexity index is 422. The fourth-order valence-electron chi connectivity index (χ4n) is 2.98. The molecule has 0 bridgehead atoms. The Hall–Kier alpha value is -1.36. The van der Waals surface area contributed by atoms with Gasteiger partial charge in [0.2, 0.25) is 0 Å². The van der Waals surface area contributed by atoms with E-state index in [1.807, 2.05) is 6.20 Å². The van der Waals surface area contributed by atoms with E-state index in [0.29, 0.717) is 12.0 Å². The average molecular weight is 261 g/mol. The van der Waals surface area contributed by atoms with Crippen molar-refractivity contribution in [3.63, 3.8) is 0 Å². The Kier molecular flexibility index (Phi) is 3.55. The molecular formula is C14H23N5. The summed E-state index contributed by atoms with van der Waals surface area (Å²) >= 11 is 0. The molecule has 0 aromatic carbocycles. The van der Waals surface area contributed by atoms with Crippen molar-refractivity contribution in [2.45, 2.75) is 26.3 Å². The van der Waals surface area contributed by atoms with Gasteiger partial charge in [-0.15, -0.1) is 5.10 Å². The van der Waals surface area contributed by atoms with Gasteiger partial charge < -0.3 is 15.5 Å². The van der Waals surface area contributed by atoms with E-state index in [9.17, 15) is 0 Å². The predicted octanol–water partition coefficient (Wildman–Crippen LogP) is 1.34. The first-order valence-electron chi connectivity index (χ1n) is 7.27. The summed E-state index contributed by atoms with van der Waals surface area (Å²) in [6, 6.07) is 2.79. The van der Waals surface area contributed by atoms with E-state index >= 15 is 0 Å². The molecule has 1 aromatic heterocycles. The van der Waals surface area contributed by atoms with Crippen LogP contribution in [0.2, 0.25) is 0 Å². The lowest BCUT2D eigenvalue weighted by Gasteiger charge is -2.19. The number of fused-ring (bicyclic) bond motifs is 1. The molecule has 2 saturated heterocycles. The first-order chi connectivity index (χ1) is 9.22. The number of nitrogens with zero attached hydrogens (tertiary/aromatic N) is 3. The van der Waals surface area contributed by atoms with Crippen LogP contribution in [-0.4, -0.2) is 42.4 Å². The highest BCUT2D eigenvalue weighted by atomic mass is 15.2. The molecule has 5 nitrogen and oxygen atoms in total. The molecule has 2 aliphatic rings. The van der Waals surface area contributed by atoms with Crippen LogP contribution in [0, 0.1) is 11.8 Å². The summed E-state index contributed by atoms with van der Waals surface area (Å²) in [5, 5.41) is 15.2. The van der Waals surface area contributed by atoms with E-state index in [1.54, 1.807) is 0 Å². The predicted molar refractivity (Wildman–Crippen MR) is 77.5 cm³/mol. The maximum atomic E-state index is 4.15. The molecule has 2 fully saturated rings. The van der Waals surface area contributed by atoms with Crippen LogP contribution >= 0.6 is 0 Å². The molecule has 0 aliphatic carbocycles. The highest BCUT2D eigenvalue weighted by molar-refractivity contribution is 5.53. The summed E-state index contributed by atoms with van der Waals surface area (Å²) in [5.74, 6) is 2.30. The quantitative estimate of drug-likeness (QED) is 0.856. The van der Waals surface area contributed by atoms with Crippen LogP contribution in [0.4, 0.5) is 11.5 Å². The van der Waals surface area contributed by atoms with Crippen molar-refractivity contribution < 1.29 is 0 Å². The molecule has 104 valence electrons. The second-order valence-corrected chi connectivity index (χ2v) is 6.09. The zero-order chi connectivity index (χ0) is 13.2. The minimum absolute atomic E-state index is 0.612. The van der Waals surface area contributed by atoms with Gasteiger partial charge in [0.05, 0.1) is 11.9 Å². The van der Waals surface area contributed by atoms with E-state index in [0.717, 1.165) is 31.4 Å². The second kappa shape index (κ2) is 5.33. The third kappa shape index (κ3) is 2.81. The maximum absolute atomic E-state index is 4.15. The Morgan fingerprint density at radius 2 is 2.37 bits per heavy atom. The molecule has 3 rings (SSSR count). The fourth-order valence-corrected chi connectivity index (χ4v) is 2.98. The first kappa shape index (κ1) is 12.7. The van der Waals surface area contributed by atoms with Crippen LogP contribution in [0.15, 0.2) is 12.3 Å². The normalized spacial score (nSPS) is 25.9. The molecule has 2 atom stereocenters. The Labute approximate surface area is 114 Å². The maximum Gasteiger partial charge on any atom is 0.150 e. The molecule has 0 unspecified atom stereocenters. The number of anilines is 2. The standard InChI is InChI=1S/C14H23N5/c1-10(2)6-16-14-5-12(7-17-18-14)19-8-11-3-4-15-13(11)9-19/h5,7,10-11,13,15H,3-4,6,8-9H2,1-2H3,(H,16,18)/t11-,13+/m1/s1. The van der Waals surface area contributed by atoms with E-state index in [-0.39, 0.29) is 0 Å². The zero-order valence-electron chi connectivity index (χ0n) is 11.8. The molecule has 19 heavy (non-hydrogen) atoms. The van der Waals surface area contributed by atoms with Gasteiger partial charge in [-0.25, -0.2) is 0 Å². The molecule has 2 N–H and O–H groups in total. The van der Waals surface area contributed by atoms with Crippen LogP contribution in [0.25, 0.3) is 0 Å². The van der Waals surface area contributed by atoms with Crippen molar-refractivity contribution in [2.75, 3.05) is 36.4 Å². The summed E-state index contributed by atoms with van der Waals surface area (Å²) in [7, 11) is 0. The van der Waals surface area contributed by atoms with Crippen LogP contribution in [0.5, 0.6) is 0 Å². The van der Waals surface area contributed by atoms with Gasteiger partial charge in [-0.05, 0) is 24.8 Å². The Balaban J connectivity index is 1.66. The van der Waals surface area contributed by atoms with Gasteiger partial charge in [-0.2, -0.15) is 5.10 Å². The van der Waals surface area contributed by atoms with Gasteiger partial charge in [0, 0.05) is 31.7 Å². The van der Waals surface area contributed by atoms with Crippen molar-refractivity contribution in [1.82, 2.24) is 15.5 Å². The van der Waals surface area contributed by atoms with E-state index in [1.165, 1.54) is 18.7 Å². The summed E-state index contributed by atoms with van der Waals surface area (Å²) < 4.78 is 0. The number of rotatable bonds is 4. The first-order valence-corrected chi connectivity index (χ1v) is 7.27. The summed E-state index contributed by atoms with van der Waals surface area (Å²) in [4.78, 5) is 2.43. The largest absolute Gasteiger partial charge is 0.368 e. The molecule has 5 heteroatoms. The summed E-state index contributed by atoms with van der Waals surface area (Å²) in [5.41, 5.74) is 1.19. The van der Waals surface area contributed by atoms with Crippen molar-refractivity contribution >= 4 is 11.5 Å². The lowest BCUT2D eigenvalue weighted by atomic mass is 10.1. The summed E-state index contributed by atoms with van der Waals surface area (Å²) in [6.07, 6.45) is 3.18. The van der Waals surface area contributed by atoms with Gasteiger partial charge >= 0.3 is 0 Å². The Morgan fingerprint density at radius 1 is 1.47 bits per heavy atom. The molecule has 0 spiro atoms. The number of hydrogen-bond donors (Lipinski definition) is 2. The third-order valence-corrected chi connectivity index (χ3v) is 4.06. The van der Waals surface area contributed by atoms with E-state index in [2.05, 4.69) is 45.6 Å². The van der Waals surface area contributed by atoms with Crippen LogP contribution in [0.1, 0.15) is 20.3 Å². The molecule has 0 radical (unpaired) electrons. The van der Waals surface area contributed by atoms with Crippen molar-refractivity contribution in [3.05, 3.63) is 12.3 Å². The average Bonchev–Trinajstić information content (AvgIpc) is 2.97. The minimum atomic E-state index is 0.612. The van der Waals surface area contributed by atoms with E-state index in [4.69, 9.17) is 0 Å². The van der Waals surface area contributed by atoms with Gasteiger partial charge in [0.1, 0.15) is 0 Å². The molecule has 2 aliphatic heterocycles. The van der Waals surface area contributed by atoms with Gasteiger partial charge in [-0.3, -0.25) is 0 Å². The number of aromatic nitrogens is 2. The highest BCUT2D eigenvalue weighted by Gasteiger charge is 2.36. The summed E-state index contributed by atoms with van der Waals surface area (Å²) in [6.45, 7) is 8.74. The molecule has 3 heterocycles. The molecule has 0 saturated carbocycles. The lowest BCUT2D eigenvalue weighted by molar-refractivity contribution is 0.556. The van der Waals surface area contributed by atoms with E-state index < -0.39 is 0 Å². The van der Waals surface area contributed by atoms with Crippen molar-refractivity contribution in [3.8, 4) is 0 Å². The minimum Gasteiger partial charge on any atom is -0.368 e. The smallest absolute Gasteiger partial charge is 0.150 e. The monoisotopic (exact) mass is 261 g/mol. The highest BCUT2D eigenvalue weighted by Crippen LogP contribution is 2.29. The lowest BCUT2D eigenvalue weighted by Crippen LogP contribution is -2.30. The van der Waals surface area contributed by atoms with Crippen LogP contribution in [-0.2, 0) is 0 Å². The van der Waals surface area contributed by atoms with Gasteiger partial charge in [0.25, 0.3) is 0 Å². The molecule has 0 amide bonds. The van der Waals surface area contributed by atoms with Gasteiger partial charge in [0.15, 0.2) is 5.82 Å². The zero-order valence-corrected chi connectivity index (χ0v) is 11.8. The SMILES string of the molecule is CC(C)CNc1cc(N2C[C@H]3CCN[C@H]3C2)cnn1. The third-order valence-electron chi connectivity index (χ3n) is 4.06. The van der Waals surface area contributed by atoms with Crippen LogP contribution in [0.3, 0.4) is 0 Å². The number of nitrogens with one attached hydrogen (secondary N) is 2. The van der Waals surface area contributed by atoms with Crippen molar-refractivity contribution in [1.29, 1.82) is 0 Å².